The van der Waals surface area contributed by atoms with Crippen LogP contribution < -0.4 is 0 Å². The molecule has 2 rings (SSSR count). The number of hydrogen-bond donors (Lipinski definition) is 0. The van der Waals surface area contributed by atoms with Crippen molar-refractivity contribution in [2.45, 2.75) is 19.4 Å². The lowest BCUT2D eigenvalue weighted by atomic mass is 10.3. The van der Waals surface area contributed by atoms with Gasteiger partial charge in [-0.15, -0.1) is 0 Å². The zero-order chi connectivity index (χ0) is 7.68. The molecule has 2 heterocycles. The van der Waals surface area contributed by atoms with Crippen LogP contribution >= 0.6 is 11.8 Å². The average Bonchev–Trinajstić information content (AvgIpc) is 2.32. The van der Waals surface area contributed by atoms with E-state index >= 15 is 0 Å². The highest BCUT2D eigenvalue weighted by atomic mass is 32.2. The summed E-state index contributed by atoms with van der Waals surface area (Å²) in [6, 6.07) is 0.681. The lowest BCUT2D eigenvalue weighted by Gasteiger charge is -2.24. The molecule has 1 saturated heterocycles. The van der Waals surface area contributed by atoms with Crippen molar-refractivity contribution in [3.8, 4) is 0 Å². The molecule has 1 aliphatic rings. The monoisotopic (exact) mass is 168 g/mol. The lowest BCUT2D eigenvalue weighted by molar-refractivity contribution is 0.526. The van der Waals surface area contributed by atoms with Crippen LogP contribution in [0.5, 0.6) is 0 Å². The fourth-order valence-electron chi connectivity index (χ4n) is 1.14. The van der Waals surface area contributed by atoms with Gasteiger partial charge in [-0.2, -0.15) is 16.9 Å². The number of aromatic nitrogens is 2. The minimum Gasteiger partial charge on any atom is -0.268 e. The molecular weight excluding hydrogens is 156 g/mol. The Bertz CT molecular complexity index is 240. The van der Waals surface area contributed by atoms with E-state index in [1.165, 1.54) is 17.1 Å². The van der Waals surface area contributed by atoms with Gasteiger partial charge in [0.2, 0.25) is 0 Å². The quantitative estimate of drug-likeness (QED) is 0.669. The summed E-state index contributed by atoms with van der Waals surface area (Å²) in [5, 5.41) is 4.31. The summed E-state index contributed by atoms with van der Waals surface area (Å²) in [4.78, 5) is 0. The van der Waals surface area contributed by atoms with E-state index in [0.717, 1.165) is 6.42 Å². The predicted molar refractivity (Wildman–Crippen MR) is 48.0 cm³/mol. The zero-order valence-electron chi connectivity index (χ0n) is 6.66. The van der Waals surface area contributed by atoms with Gasteiger partial charge in [-0.25, -0.2) is 0 Å². The summed E-state index contributed by atoms with van der Waals surface area (Å²) in [7, 11) is 0. The molecule has 0 N–H and O–H groups in total. The van der Waals surface area contributed by atoms with Crippen molar-refractivity contribution in [3.63, 3.8) is 0 Å². The Morgan fingerprint density at radius 1 is 1.73 bits per heavy atom. The second-order valence-electron chi connectivity index (χ2n) is 2.87. The molecule has 2 nitrogen and oxygen atoms in total. The van der Waals surface area contributed by atoms with Crippen LogP contribution in [0.4, 0.5) is 0 Å². The van der Waals surface area contributed by atoms with Crippen LogP contribution in [-0.2, 0) is 6.42 Å². The van der Waals surface area contributed by atoms with Gasteiger partial charge in [-0.1, -0.05) is 6.92 Å². The van der Waals surface area contributed by atoms with E-state index in [1.54, 1.807) is 0 Å². The highest BCUT2D eigenvalue weighted by molar-refractivity contribution is 8.00. The second-order valence-corrected chi connectivity index (χ2v) is 3.95. The average molecular weight is 168 g/mol. The normalized spacial score (nSPS) is 18.3. The van der Waals surface area contributed by atoms with Crippen LogP contribution in [0.2, 0.25) is 0 Å². The van der Waals surface area contributed by atoms with Gasteiger partial charge in [-0.05, 0) is 12.0 Å². The van der Waals surface area contributed by atoms with Crippen molar-refractivity contribution in [2.75, 3.05) is 11.5 Å². The SMILES string of the molecule is CCc1cnn(C2CSC2)c1. The van der Waals surface area contributed by atoms with Crippen LogP contribution in [0, 0.1) is 0 Å². The second kappa shape index (κ2) is 2.89. The van der Waals surface area contributed by atoms with Crippen molar-refractivity contribution >= 4 is 11.8 Å². The Balaban J connectivity index is 2.11. The zero-order valence-corrected chi connectivity index (χ0v) is 7.47. The molecule has 1 aliphatic heterocycles. The maximum Gasteiger partial charge on any atom is 0.0699 e. The fourth-order valence-corrected chi connectivity index (χ4v) is 1.89. The Morgan fingerprint density at radius 2 is 2.55 bits per heavy atom. The molecule has 0 aromatic carbocycles. The number of nitrogens with zero attached hydrogens (tertiary/aromatic N) is 2. The predicted octanol–water partition coefficient (Wildman–Crippen LogP) is 1.73. The molecule has 0 unspecified atom stereocenters. The molecule has 1 aromatic rings. The molecule has 60 valence electrons. The molecule has 0 radical (unpaired) electrons. The van der Waals surface area contributed by atoms with Crippen LogP contribution in [0.25, 0.3) is 0 Å². The van der Waals surface area contributed by atoms with Gasteiger partial charge in [0.25, 0.3) is 0 Å². The highest BCUT2D eigenvalue weighted by Gasteiger charge is 2.20. The first-order valence-corrected chi connectivity index (χ1v) is 5.16. The van der Waals surface area contributed by atoms with Gasteiger partial charge in [-0.3, -0.25) is 4.68 Å². The van der Waals surface area contributed by atoms with E-state index in [1.807, 2.05) is 18.0 Å². The maximum absolute atomic E-state index is 4.31. The van der Waals surface area contributed by atoms with Crippen molar-refractivity contribution in [2.24, 2.45) is 0 Å². The van der Waals surface area contributed by atoms with Crippen molar-refractivity contribution in [3.05, 3.63) is 18.0 Å². The van der Waals surface area contributed by atoms with Crippen LogP contribution in [0.15, 0.2) is 12.4 Å². The van der Waals surface area contributed by atoms with Crippen LogP contribution in [-0.4, -0.2) is 21.3 Å². The molecule has 0 aliphatic carbocycles. The molecule has 11 heavy (non-hydrogen) atoms. The van der Waals surface area contributed by atoms with Gasteiger partial charge in [0.1, 0.15) is 0 Å². The van der Waals surface area contributed by atoms with E-state index in [4.69, 9.17) is 0 Å². The maximum atomic E-state index is 4.31. The summed E-state index contributed by atoms with van der Waals surface area (Å²) < 4.78 is 2.11. The number of rotatable bonds is 2. The lowest BCUT2D eigenvalue weighted by Crippen LogP contribution is -2.22. The van der Waals surface area contributed by atoms with Gasteiger partial charge in [0.15, 0.2) is 0 Å². The third kappa shape index (κ3) is 1.29. The van der Waals surface area contributed by atoms with Crippen molar-refractivity contribution < 1.29 is 0 Å². The molecule has 0 bridgehead atoms. The summed E-state index contributed by atoms with van der Waals surface area (Å²) in [6.45, 7) is 2.16. The summed E-state index contributed by atoms with van der Waals surface area (Å²) in [5.74, 6) is 2.48. The number of hydrogen-bond acceptors (Lipinski definition) is 2. The Hall–Kier alpha value is -0.440. The van der Waals surface area contributed by atoms with E-state index in [9.17, 15) is 0 Å². The molecule has 0 atom stereocenters. The topological polar surface area (TPSA) is 17.8 Å². The summed E-state index contributed by atoms with van der Waals surface area (Å²) in [6.07, 6.45) is 5.24. The minimum absolute atomic E-state index is 0.681. The van der Waals surface area contributed by atoms with E-state index < -0.39 is 0 Å². The first kappa shape index (κ1) is 7.22. The van der Waals surface area contributed by atoms with Gasteiger partial charge >= 0.3 is 0 Å². The van der Waals surface area contributed by atoms with Gasteiger partial charge in [0.05, 0.1) is 12.2 Å². The molecular formula is C8H12N2S. The first-order chi connectivity index (χ1) is 5.40. The van der Waals surface area contributed by atoms with Gasteiger partial charge < -0.3 is 0 Å². The third-order valence-electron chi connectivity index (χ3n) is 2.06. The Labute approximate surface area is 71.0 Å². The van der Waals surface area contributed by atoms with Crippen molar-refractivity contribution in [1.82, 2.24) is 9.78 Å². The third-order valence-corrected chi connectivity index (χ3v) is 3.30. The van der Waals surface area contributed by atoms with Crippen LogP contribution in [0.3, 0.4) is 0 Å². The van der Waals surface area contributed by atoms with E-state index in [0.29, 0.717) is 6.04 Å². The largest absolute Gasteiger partial charge is 0.268 e. The molecule has 3 heteroatoms. The van der Waals surface area contributed by atoms with Crippen molar-refractivity contribution in [1.29, 1.82) is 0 Å². The standard InChI is InChI=1S/C8H12N2S/c1-2-7-3-9-10(4-7)8-5-11-6-8/h3-4,8H,2,5-6H2,1H3. The molecule has 0 spiro atoms. The first-order valence-electron chi connectivity index (χ1n) is 4.01. The highest BCUT2D eigenvalue weighted by Crippen LogP contribution is 2.28. The van der Waals surface area contributed by atoms with E-state index in [-0.39, 0.29) is 0 Å². The van der Waals surface area contributed by atoms with E-state index in [2.05, 4.69) is 22.9 Å². The number of thioether (sulfide) groups is 1. The smallest absolute Gasteiger partial charge is 0.0699 e. The minimum atomic E-state index is 0.681. The number of aryl methyl sites for hydroxylation is 1. The van der Waals surface area contributed by atoms with Crippen LogP contribution in [0.1, 0.15) is 18.5 Å². The summed E-state index contributed by atoms with van der Waals surface area (Å²) in [5.41, 5.74) is 1.35. The Kier molecular flexibility index (Phi) is 1.90. The van der Waals surface area contributed by atoms with Gasteiger partial charge in [0, 0.05) is 17.7 Å². The molecule has 1 aromatic heterocycles. The summed E-state index contributed by atoms with van der Waals surface area (Å²) >= 11 is 2.00. The Morgan fingerprint density at radius 3 is 3.00 bits per heavy atom. The molecule has 1 fully saturated rings. The molecule has 0 amide bonds. The fraction of sp³-hybridized carbons (Fsp3) is 0.625. The molecule has 0 saturated carbocycles.